The van der Waals surface area contributed by atoms with Crippen molar-refractivity contribution in [3.8, 4) is 0 Å². The second kappa shape index (κ2) is 8.13. The quantitative estimate of drug-likeness (QED) is 0.769. The van der Waals surface area contributed by atoms with E-state index in [0.29, 0.717) is 19.7 Å². The Morgan fingerprint density at radius 1 is 1.30 bits per heavy atom. The zero-order valence-corrected chi connectivity index (χ0v) is 14.0. The number of carbonyl (C=O) groups is 1. The Morgan fingerprint density at radius 3 is 2.40 bits per heavy atom. The van der Waals surface area contributed by atoms with Crippen LogP contribution in [0.1, 0.15) is 27.2 Å². The van der Waals surface area contributed by atoms with E-state index in [-0.39, 0.29) is 12.1 Å². The van der Waals surface area contributed by atoms with Gasteiger partial charge >= 0.3 is 6.09 Å². The van der Waals surface area contributed by atoms with Crippen molar-refractivity contribution in [3.63, 3.8) is 0 Å². The van der Waals surface area contributed by atoms with E-state index in [9.17, 15) is 4.79 Å². The summed E-state index contributed by atoms with van der Waals surface area (Å²) >= 11 is 0. The van der Waals surface area contributed by atoms with E-state index in [0.717, 1.165) is 26.1 Å². The first-order valence-electron chi connectivity index (χ1n) is 7.09. The van der Waals surface area contributed by atoms with Gasteiger partial charge in [0.15, 0.2) is 0 Å². The molecule has 1 saturated heterocycles. The Morgan fingerprint density at radius 2 is 1.90 bits per heavy atom. The van der Waals surface area contributed by atoms with Crippen molar-refractivity contribution in [2.75, 3.05) is 39.3 Å². The molecule has 1 unspecified atom stereocenters. The third-order valence-corrected chi connectivity index (χ3v) is 3.34. The molecule has 2 atom stereocenters. The lowest BCUT2D eigenvalue weighted by molar-refractivity contribution is 0.0142. The summed E-state index contributed by atoms with van der Waals surface area (Å²) in [5.74, 6) is 0. The Kier molecular flexibility index (Phi) is 7.17. The van der Waals surface area contributed by atoms with Crippen molar-refractivity contribution < 1.29 is 14.1 Å². The average molecular weight is 305 g/mol. The molecule has 0 aliphatic carbocycles. The minimum absolute atomic E-state index is 0.0661. The highest BCUT2D eigenvalue weighted by Crippen LogP contribution is 2.12. The zero-order chi connectivity index (χ0) is 15.2. The summed E-state index contributed by atoms with van der Waals surface area (Å²) in [4.78, 5) is 16.0. The van der Waals surface area contributed by atoms with Crippen LogP contribution in [0, 0.1) is 0 Å². The van der Waals surface area contributed by atoms with Gasteiger partial charge in [0.25, 0.3) is 0 Å². The molecule has 2 N–H and O–H groups in total. The molecule has 0 saturated carbocycles. The first kappa shape index (κ1) is 17.6. The highest BCUT2D eigenvalue weighted by molar-refractivity contribution is 7.09. The predicted octanol–water partition coefficient (Wildman–Crippen LogP) is 1.06. The maximum Gasteiger partial charge on any atom is 0.410 e. The molecule has 0 aromatic heterocycles. The lowest BCUT2D eigenvalue weighted by Gasteiger charge is -2.35. The summed E-state index contributed by atoms with van der Waals surface area (Å²) in [6.07, 6.45) is 0.686. The van der Waals surface area contributed by atoms with Crippen molar-refractivity contribution in [1.82, 2.24) is 9.80 Å². The number of hydrogen-bond acceptors (Lipinski definition) is 5. The first-order valence-corrected chi connectivity index (χ1v) is 7.56. The molecule has 1 amide bonds. The van der Waals surface area contributed by atoms with E-state index in [4.69, 9.17) is 15.0 Å². The van der Waals surface area contributed by atoms with Crippen LogP contribution in [0.5, 0.6) is 0 Å². The van der Waals surface area contributed by atoms with E-state index in [1.54, 1.807) is 4.90 Å². The normalized spacial score (nSPS) is 18.9. The van der Waals surface area contributed by atoms with Crippen LogP contribution < -0.4 is 5.73 Å². The Hall–Kier alpha value is -0.420. The second-order valence-corrected chi connectivity index (χ2v) is 6.52. The number of carbonyl (C=O) groups excluding carboxylic acids is 1. The van der Waals surface area contributed by atoms with E-state index in [1.807, 2.05) is 20.8 Å². The van der Waals surface area contributed by atoms with Crippen LogP contribution in [0.2, 0.25) is 0 Å². The summed E-state index contributed by atoms with van der Waals surface area (Å²) in [5.41, 5.74) is 5.47. The molecule has 6 nitrogen and oxygen atoms in total. The molecule has 0 bridgehead atoms. The standard InChI is InChI=1S/C13H28N3O3P/c1-13(2,3)19-12(17)16-8-6-15(7-9-16)5-4-11(14)10-18-20/h11H,4-10,14,20H2,1-3H3/t11-/m1/s1. The summed E-state index contributed by atoms with van der Waals surface area (Å²) < 4.78 is 10.3. The largest absolute Gasteiger partial charge is 0.444 e. The Labute approximate surface area is 124 Å². The van der Waals surface area contributed by atoms with Crippen molar-refractivity contribution in [2.24, 2.45) is 5.73 Å². The Balaban J connectivity index is 2.24. The minimum atomic E-state index is -0.431. The highest BCUT2D eigenvalue weighted by Gasteiger charge is 2.25. The number of amides is 1. The van der Waals surface area contributed by atoms with Crippen molar-refractivity contribution in [1.29, 1.82) is 0 Å². The molecule has 7 heteroatoms. The number of nitrogens with zero attached hydrogens (tertiary/aromatic N) is 2. The van der Waals surface area contributed by atoms with Crippen LogP contribution in [0.25, 0.3) is 0 Å². The number of hydrogen-bond donors (Lipinski definition) is 1. The molecule has 0 spiro atoms. The maximum atomic E-state index is 11.9. The van der Waals surface area contributed by atoms with Gasteiger partial charge in [-0.15, -0.1) is 0 Å². The van der Waals surface area contributed by atoms with E-state index in [2.05, 4.69) is 14.4 Å². The zero-order valence-electron chi connectivity index (χ0n) is 12.8. The van der Waals surface area contributed by atoms with Gasteiger partial charge in [-0.1, -0.05) is 0 Å². The van der Waals surface area contributed by atoms with Gasteiger partial charge in [0.2, 0.25) is 0 Å². The maximum absolute atomic E-state index is 11.9. The second-order valence-electron chi connectivity index (χ2n) is 6.19. The van der Waals surface area contributed by atoms with Crippen LogP contribution in [0.15, 0.2) is 0 Å². The predicted molar refractivity (Wildman–Crippen MR) is 82.5 cm³/mol. The van der Waals surface area contributed by atoms with Crippen LogP contribution in [0.4, 0.5) is 4.79 Å². The van der Waals surface area contributed by atoms with Gasteiger partial charge in [-0.3, -0.25) is 4.90 Å². The van der Waals surface area contributed by atoms with Gasteiger partial charge in [0, 0.05) is 41.7 Å². The Bertz CT molecular complexity index is 302. The molecule has 1 heterocycles. The van der Waals surface area contributed by atoms with Gasteiger partial charge in [0.1, 0.15) is 5.60 Å². The topological polar surface area (TPSA) is 68.0 Å². The molecule has 0 aromatic carbocycles. The fourth-order valence-corrected chi connectivity index (χ4v) is 2.28. The van der Waals surface area contributed by atoms with Gasteiger partial charge in [-0.25, -0.2) is 4.79 Å². The summed E-state index contributed by atoms with van der Waals surface area (Å²) in [6, 6.07) is 0.0661. The van der Waals surface area contributed by atoms with Crippen LogP contribution in [-0.2, 0) is 9.26 Å². The van der Waals surface area contributed by atoms with E-state index < -0.39 is 5.60 Å². The lowest BCUT2D eigenvalue weighted by atomic mass is 10.2. The van der Waals surface area contributed by atoms with Crippen molar-refractivity contribution in [2.45, 2.75) is 38.8 Å². The first-order chi connectivity index (χ1) is 9.31. The molecular formula is C13H28N3O3P. The third-order valence-electron chi connectivity index (χ3n) is 3.15. The molecule has 1 rings (SSSR count). The fourth-order valence-electron chi connectivity index (χ4n) is 2.04. The van der Waals surface area contributed by atoms with Crippen LogP contribution in [-0.4, -0.2) is 66.9 Å². The van der Waals surface area contributed by atoms with Crippen molar-refractivity contribution in [3.05, 3.63) is 0 Å². The van der Waals surface area contributed by atoms with E-state index in [1.165, 1.54) is 0 Å². The number of ether oxygens (including phenoxy) is 1. The van der Waals surface area contributed by atoms with Gasteiger partial charge in [-0.05, 0) is 33.7 Å². The monoisotopic (exact) mass is 305 g/mol. The lowest BCUT2D eigenvalue weighted by Crippen LogP contribution is -2.50. The molecule has 118 valence electrons. The minimum Gasteiger partial charge on any atom is -0.444 e. The molecule has 0 aromatic rings. The van der Waals surface area contributed by atoms with Gasteiger partial charge in [-0.2, -0.15) is 0 Å². The number of rotatable bonds is 5. The van der Waals surface area contributed by atoms with E-state index >= 15 is 0 Å². The smallest absolute Gasteiger partial charge is 0.410 e. The average Bonchev–Trinajstić information content (AvgIpc) is 2.35. The third kappa shape index (κ3) is 6.84. The van der Waals surface area contributed by atoms with Crippen LogP contribution >= 0.6 is 9.47 Å². The fraction of sp³-hybridized carbons (Fsp3) is 0.923. The molecular weight excluding hydrogens is 277 g/mol. The molecule has 0 radical (unpaired) electrons. The molecule has 20 heavy (non-hydrogen) atoms. The highest BCUT2D eigenvalue weighted by atomic mass is 31.0. The number of piperazine rings is 1. The summed E-state index contributed by atoms with van der Waals surface area (Å²) in [6.45, 7) is 10.3. The van der Waals surface area contributed by atoms with Gasteiger partial charge in [0.05, 0.1) is 6.61 Å². The van der Waals surface area contributed by atoms with Crippen LogP contribution in [0.3, 0.4) is 0 Å². The molecule has 1 aliphatic rings. The van der Waals surface area contributed by atoms with Crippen molar-refractivity contribution >= 4 is 15.6 Å². The summed E-state index contributed by atoms with van der Waals surface area (Å²) in [5, 5.41) is 0. The molecule has 1 fully saturated rings. The van der Waals surface area contributed by atoms with Gasteiger partial charge < -0.3 is 19.9 Å². The SMILES string of the molecule is CC(C)(C)OC(=O)N1CCN(CC[C@@H](N)COP)CC1. The summed E-state index contributed by atoms with van der Waals surface area (Å²) in [7, 11) is 2.22. The molecule has 1 aliphatic heterocycles. The number of nitrogens with two attached hydrogens (primary N) is 1.